The van der Waals surface area contributed by atoms with Crippen LogP contribution in [-0.2, 0) is 9.59 Å². The molecule has 4 nitrogen and oxygen atoms in total. The van der Waals surface area contributed by atoms with Gasteiger partial charge in [0, 0.05) is 13.0 Å². The molecule has 0 aromatic rings. The van der Waals surface area contributed by atoms with Crippen LogP contribution in [0.4, 0.5) is 0 Å². The Labute approximate surface area is 90.0 Å². The lowest BCUT2D eigenvalue weighted by molar-refractivity contribution is -0.146. The standard InChI is InChI=1S/C11H19NO3/c1-2-12-10(13)7-9(11(14)15)8-5-3-4-6-8/h8-9H,2-7H2,1H3,(H,12,13)(H,14,15). The first kappa shape index (κ1) is 12.0. The maximum Gasteiger partial charge on any atom is 0.307 e. The van der Waals surface area contributed by atoms with Crippen molar-refractivity contribution in [1.29, 1.82) is 0 Å². The van der Waals surface area contributed by atoms with Gasteiger partial charge in [-0.05, 0) is 25.7 Å². The van der Waals surface area contributed by atoms with Crippen molar-refractivity contribution in [3.05, 3.63) is 0 Å². The van der Waals surface area contributed by atoms with Gasteiger partial charge in [-0.1, -0.05) is 12.8 Å². The first-order chi connectivity index (χ1) is 7.15. The quantitative estimate of drug-likeness (QED) is 0.725. The molecule has 0 bridgehead atoms. The summed E-state index contributed by atoms with van der Waals surface area (Å²) in [7, 11) is 0. The van der Waals surface area contributed by atoms with E-state index in [9.17, 15) is 9.59 Å². The van der Waals surface area contributed by atoms with Gasteiger partial charge in [0.25, 0.3) is 0 Å². The molecule has 86 valence electrons. The fourth-order valence-electron chi connectivity index (χ4n) is 2.28. The number of carbonyl (C=O) groups is 2. The van der Waals surface area contributed by atoms with Crippen LogP contribution in [0.5, 0.6) is 0 Å². The van der Waals surface area contributed by atoms with Gasteiger partial charge in [0.15, 0.2) is 0 Å². The minimum absolute atomic E-state index is 0.133. The van der Waals surface area contributed by atoms with Crippen LogP contribution in [0, 0.1) is 11.8 Å². The molecule has 0 saturated heterocycles. The summed E-state index contributed by atoms with van der Waals surface area (Å²) in [6, 6.07) is 0. The molecule has 4 heteroatoms. The molecule has 0 spiro atoms. The van der Waals surface area contributed by atoms with Gasteiger partial charge in [0.2, 0.25) is 5.91 Å². The van der Waals surface area contributed by atoms with Crippen molar-refractivity contribution in [2.45, 2.75) is 39.0 Å². The summed E-state index contributed by atoms with van der Waals surface area (Å²) in [5, 5.41) is 11.7. The zero-order chi connectivity index (χ0) is 11.3. The lowest BCUT2D eigenvalue weighted by atomic mass is 9.88. The van der Waals surface area contributed by atoms with E-state index in [0.717, 1.165) is 25.7 Å². The van der Waals surface area contributed by atoms with Crippen molar-refractivity contribution in [2.24, 2.45) is 11.8 Å². The summed E-state index contributed by atoms with van der Waals surface area (Å²) < 4.78 is 0. The SMILES string of the molecule is CCNC(=O)CC(C(=O)O)C1CCCC1. The van der Waals surface area contributed by atoms with Gasteiger partial charge in [-0.3, -0.25) is 9.59 Å². The summed E-state index contributed by atoms with van der Waals surface area (Å²) in [6.07, 6.45) is 4.24. The van der Waals surface area contributed by atoms with Gasteiger partial charge in [0.1, 0.15) is 0 Å². The number of amides is 1. The second kappa shape index (κ2) is 5.73. The Morgan fingerprint density at radius 3 is 2.47 bits per heavy atom. The maximum atomic E-state index is 11.3. The minimum atomic E-state index is -0.826. The van der Waals surface area contributed by atoms with Crippen molar-refractivity contribution >= 4 is 11.9 Å². The van der Waals surface area contributed by atoms with Crippen LogP contribution in [0.2, 0.25) is 0 Å². The van der Waals surface area contributed by atoms with Crippen molar-refractivity contribution in [1.82, 2.24) is 5.32 Å². The van der Waals surface area contributed by atoms with Crippen molar-refractivity contribution in [2.75, 3.05) is 6.54 Å². The normalized spacial score (nSPS) is 18.7. The third-order valence-electron chi connectivity index (χ3n) is 3.07. The predicted octanol–water partition coefficient (Wildman–Crippen LogP) is 1.40. The highest BCUT2D eigenvalue weighted by molar-refractivity contribution is 5.82. The Balaban J connectivity index is 2.50. The molecule has 1 rings (SSSR count). The zero-order valence-corrected chi connectivity index (χ0v) is 9.16. The van der Waals surface area contributed by atoms with Gasteiger partial charge in [-0.15, -0.1) is 0 Å². The fourth-order valence-corrected chi connectivity index (χ4v) is 2.28. The number of carbonyl (C=O) groups excluding carboxylic acids is 1. The highest BCUT2D eigenvalue weighted by Crippen LogP contribution is 2.33. The van der Waals surface area contributed by atoms with Crippen LogP contribution >= 0.6 is 0 Å². The van der Waals surface area contributed by atoms with Crippen molar-refractivity contribution in [3.63, 3.8) is 0 Å². The van der Waals surface area contributed by atoms with E-state index in [2.05, 4.69) is 5.32 Å². The number of carboxylic acid groups (broad SMARTS) is 1. The lowest BCUT2D eigenvalue weighted by Crippen LogP contribution is -2.31. The molecular weight excluding hydrogens is 194 g/mol. The van der Waals surface area contributed by atoms with Crippen molar-refractivity contribution in [3.8, 4) is 0 Å². The molecular formula is C11H19NO3. The maximum absolute atomic E-state index is 11.3. The third-order valence-corrected chi connectivity index (χ3v) is 3.07. The molecule has 0 aromatic carbocycles. The fraction of sp³-hybridized carbons (Fsp3) is 0.818. The highest BCUT2D eigenvalue weighted by Gasteiger charge is 2.31. The largest absolute Gasteiger partial charge is 0.481 e. The molecule has 1 saturated carbocycles. The monoisotopic (exact) mass is 213 g/mol. The second-order valence-corrected chi connectivity index (χ2v) is 4.15. The van der Waals surface area contributed by atoms with Gasteiger partial charge in [0.05, 0.1) is 5.92 Å². The molecule has 0 heterocycles. The van der Waals surface area contributed by atoms with Crippen LogP contribution in [0.3, 0.4) is 0 Å². The second-order valence-electron chi connectivity index (χ2n) is 4.15. The van der Waals surface area contributed by atoms with E-state index >= 15 is 0 Å². The highest BCUT2D eigenvalue weighted by atomic mass is 16.4. The van der Waals surface area contributed by atoms with E-state index in [1.165, 1.54) is 0 Å². The Morgan fingerprint density at radius 2 is 2.00 bits per heavy atom. The summed E-state index contributed by atoms with van der Waals surface area (Å²) in [5.74, 6) is -1.26. The molecule has 1 unspecified atom stereocenters. The molecule has 0 aliphatic heterocycles. The Morgan fingerprint density at radius 1 is 1.40 bits per heavy atom. The number of carboxylic acids is 1. The van der Waals surface area contributed by atoms with E-state index in [4.69, 9.17) is 5.11 Å². The summed E-state index contributed by atoms with van der Waals surface area (Å²) in [5.41, 5.74) is 0. The molecule has 1 fully saturated rings. The van der Waals surface area contributed by atoms with Gasteiger partial charge < -0.3 is 10.4 Å². The van der Waals surface area contributed by atoms with Crippen LogP contribution in [0.25, 0.3) is 0 Å². The zero-order valence-electron chi connectivity index (χ0n) is 9.16. The van der Waals surface area contributed by atoms with Gasteiger partial charge >= 0.3 is 5.97 Å². The van der Waals surface area contributed by atoms with E-state index in [0.29, 0.717) is 6.54 Å². The van der Waals surface area contributed by atoms with Gasteiger partial charge in [-0.2, -0.15) is 0 Å². The molecule has 0 radical (unpaired) electrons. The Kier molecular flexibility index (Phi) is 4.59. The molecule has 0 aromatic heterocycles. The van der Waals surface area contributed by atoms with Gasteiger partial charge in [-0.25, -0.2) is 0 Å². The first-order valence-electron chi connectivity index (χ1n) is 5.64. The van der Waals surface area contributed by atoms with E-state index < -0.39 is 11.9 Å². The third kappa shape index (κ3) is 3.53. The van der Waals surface area contributed by atoms with E-state index in [-0.39, 0.29) is 18.2 Å². The average Bonchev–Trinajstić information content (AvgIpc) is 2.66. The molecule has 1 atom stereocenters. The number of nitrogens with one attached hydrogen (secondary N) is 1. The molecule has 2 N–H and O–H groups in total. The predicted molar refractivity (Wildman–Crippen MR) is 56.4 cm³/mol. The molecule has 1 amide bonds. The van der Waals surface area contributed by atoms with Crippen LogP contribution < -0.4 is 5.32 Å². The molecule has 1 aliphatic rings. The topological polar surface area (TPSA) is 66.4 Å². The van der Waals surface area contributed by atoms with Crippen LogP contribution in [0.1, 0.15) is 39.0 Å². The smallest absolute Gasteiger partial charge is 0.307 e. The number of aliphatic carboxylic acids is 1. The van der Waals surface area contributed by atoms with E-state index in [1.54, 1.807) is 0 Å². The van der Waals surface area contributed by atoms with E-state index in [1.807, 2.05) is 6.92 Å². The summed E-state index contributed by atoms with van der Waals surface area (Å²) >= 11 is 0. The lowest BCUT2D eigenvalue weighted by Gasteiger charge is -2.18. The minimum Gasteiger partial charge on any atom is -0.481 e. The van der Waals surface area contributed by atoms with Crippen LogP contribution in [-0.4, -0.2) is 23.5 Å². The van der Waals surface area contributed by atoms with Crippen LogP contribution in [0.15, 0.2) is 0 Å². The van der Waals surface area contributed by atoms with Crippen molar-refractivity contribution < 1.29 is 14.7 Å². The number of rotatable bonds is 5. The summed E-state index contributed by atoms with van der Waals surface area (Å²) in [4.78, 5) is 22.4. The average molecular weight is 213 g/mol. The Bertz CT molecular complexity index is 234. The molecule has 15 heavy (non-hydrogen) atoms. The summed E-state index contributed by atoms with van der Waals surface area (Å²) in [6.45, 7) is 2.40. The number of hydrogen-bond donors (Lipinski definition) is 2. The first-order valence-corrected chi connectivity index (χ1v) is 5.64. The Hall–Kier alpha value is -1.06. The molecule has 1 aliphatic carbocycles. The number of hydrogen-bond acceptors (Lipinski definition) is 2.